The third-order valence-electron chi connectivity index (χ3n) is 2.84. The number of rotatable bonds is 2. The molecule has 4 heteroatoms. The number of fused-ring (bicyclic) bond motifs is 1. The summed E-state index contributed by atoms with van der Waals surface area (Å²) in [6, 6.07) is 2.73. The fourth-order valence-corrected chi connectivity index (χ4v) is 1.98. The number of benzene rings is 1. The molecule has 17 heavy (non-hydrogen) atoms. The minimum absolute atomic E-state index is 0.173. The van der Waals surface area contributed by atoms with Crippen molar-refractivity contribution in [3.05, 3.63) is 34.4 Å². The number of ketones is 4. The average Bonchev–Trinajstić information content (AvgIpc) is 2.52. The van der Waals surface area contributed by atoms with Gasteiger partial charge in [-0.25, -0.2) is 0 Å². The third kappa shape index (κ3) is 1.71. The lowest BCUT2D eigenvalue weighted by atomic mass is 9.95. The molecule has 86 valence electrons. The van der Waals surface area contributed by atoms with E-state index in [1.807, 2.05) is 0 Å². The number of hydrogen-bond donors (Lipinski definition) is 0. The summed E-state index contributed by atoms with van der Waals surface area (Å²) in [7, 11) is 0. The van der Waals surface area contributed by atoms with Crippen LogP contribution in [0.4, 0.5) is 0 Å². The number of carbonyl (C=O) groups is 4. The first-order valence-corrected chi connectivity index (χ1v) is 5.18. The lowest BCUT2D eigenvalue weighted by Crippen LogP contribution is -2.07. The highest BCUT2D eigenvalue weighted by molar-refractivity contribution is 6.26. The summed E-state index contributed by atoms with van der Waals surface area (Å²) in [5, 5.41) is 0. The maximum Gasteiger partial charge on any atom is 0.171 e. The number of hydrogen-bond acceptors (Lipinski definition) is 4. The Balaban J connectivity index is 2.76. The Hall–Kier alpha value is -2.10. The van der Waals surface area contributed by atoms with Gasteiger partial charge >= 0.3 is 0 Å². The van der Waals surface area contributed by atoms with Crippen molar-refractivity contribution in [3.63, 3.8) is 0 Å². The molecular formula is C13H10O4. The third-order valence-corrected chi connectivity index (χ3v) is 2.84. The SMILES string of the molecule is CC(=O)c1cc2c(cc1C(C)=O)C(=O)CC2=O. The molecule has 0 spiro atoms. The van der Waals surface area contributed by atoms with Crippen molar-refractivity contribution in [1.29, 1.82) is 0 Å². The van der Waals surface area contributed by atoms with Gasteiger partial charge in [-0.05, 0) is 26.0 Å². The van der Waals surface area contributed by atoms with Gasteiger partial charge in [-0.1, -0.05) is 0 Å². The van der Waals surface area contributed by atoms with Gasteiger partial charge in [-0.3, -0.25) is 19.2 Å². The average molecular weight is 230 g/mol. The summed E-state index contributed by atoms with van der Waals surface area (Å²) in [6.45, 7) is 2.66. The minimum atomic E-state index is -0.289. The summed E-state index contributed by atoms with van der Waals surface area (Å²) in [6.07, 6.45) is -0.173. The van der Waals surface area contributed by atoms with Crippen molar-refractivity contribution in [1.82, 2.24) is 0 Å². The van der Waals surface area contributed by atoms with E-state index >= 15 is 0 Å². The van der Waals surface area contributed by atoms with Gasteiger partial charge in [-0.2, -0.15) is 0 Å². The Morgan fingerprint density at radius 1 is 0.882 bits per heavy atom. The second kappa shape index (κ2) is 3.73. The molecule has 0 saturated heterocycles. The minimum Gasteiger partial charge on any atom is -0.294 e. The molecule has 4 nitrogen and oxygen atoms in total. The van der Waals surface area contributed by atoms with Gasteiger partial charge in [0.2, 0.25) is 0 Å². The molecule has 1 aliphatic carbocycles. The molecule has 1 aromatic carbocycles. The van der Waals surface area contributed by atoms with E-state index < -0.39 is 0 Å². The first-order valence-electron chi connectivity index (χ1n) is 5.18. The van der Waals surface area contributed by atoms with Crippen LogP contribution in [0.5, 0.6) is 0 Å². The van der Waals surface area contributed by atoms with Gasteiger partial charge in [0.15, 0.2) is 23.1 Å². The van der Waals surface area contributed by atoms with Crippen LogP contribution < -0.4 is 0 Å². The van der Waals surface area contributed by atoms with E-state index in [0.717, 1.165) is 0 Å². The van der Waals surface area contributed by atoms with Crippen molar-refractivity contribution < 1.29 is 19.2 Å². The highest BCUT2D eigenvalue weighted by Gasteiger charge is 2.29. The molecule has 0 fully saturated rings. The van der Waals surface area contributed by atoms with E-state index in [4.69, 9.17) is 0 Å². The summed E-state index contributed by atoms with van der Waals surface area (Å²) in [4.78, 5) is 45.9. The van der Waals surface area contributed by atoms with Gasteiger partial charge in [0.25, 0.3) is 0 Å². The predicted octanol–water partition coefficient (Wildman–Crippen LogP) is 1.86. The molecule has 0 amide bonds. The van der Waals surface area contributed by atoms with Crippen molar-refractivity contribution >= 4 is 23.1 Å². The second-order valence-electron chi connectivity index (χ2n) is 4.08. The van der Waals surface area contributed by atoms with Gasteiger partial charge in [0, 0.05) is 22.3 Å². The molecule has 0 saturated carbocycles. The summed E-state index contributed by atoms with van der Waals surface area (Å²) in [5.74, 6) is -1.15. The van der Waals surface area contributed by atoms with Crippen LogP contribution in [-0.4, -0.2) is 23.1 Å². The normalized spacial score (nSPS) is 13.8. The Bertz CT molecular complexity index is 530. The number of Topliss-reactive ketones (excluding diaryl/α,β-unsaturated/α-hetero) is 4. The Kier molecular flexibility index (Phi) is 2.50. The maximum absolute atomic E-state index is 11.5. The molecule has 1 aromatic rings. The molecule has 0 N–H and O–H groups in total. The molecule has 2 rings (SSSR count). The highest BCUT2D eigenvalue weighted by atomic mass is 16.2. The van der Waals surface area contributed by atoms with Crippen LogP contribution in [0.3, 0.4) is 0 Å². The molecule has 0 aliphatic heterocycles. The van der Waals surface area contributed by atoms with Crippen LogP contribution in [0, 0.1) is 0 Å². The first-order chi connectivity index (χ1) is 7.91. The van der Waals surface area contributed by atoms with Crippen LogP contribution in [0.15, 0.2) is 12.1 Å². The fraction of sp³-hybridized carbons (Fsp3) is 0.231. The fourth-order valence-electron chi connectivity index (χ4n) is 1.98. The topological polar surface area (TPSA) is 68.3 Å². The molecule has 1 aliphatic rings. The number of carbonyl (C=O) groups excluding carboxylic acids is 4. The molecule has 0 atom stereocenters. The predicted molar refractivity (Wildman–Crippen MR) is 59.7 cm³/mol. The molecule has 0 bridgehead atoms. The smallest absolute Gasteiger partial charge is 0.171 e. The summed E-state index contributed by atoms with van der Waals surface area (Å²) in [5.41, 5.74) is 0.925. The quantitative estimate of drug-likeness (QED) is 0.574. The molecule has 0 unspecified atom stereocenters. The molecular weight excluding hydrogens is 220 g/mol. The van der Waals surface area contributed by atoms with Crippen LogP contribution in [-0.2, 0) is 0 Å². The Morgan fingerprint density at radius 3 is 1.53 bits per heavy atom. The summed E-state index contributed by atoms with van der Waals surface area (Å²) < 4.78 is 0. The van der Waals surface area contributed by atoms with Crippen LogP contribution >= 0.6 is 0 Å². The van der Waals surface area contributed by atoms with Crippen LogP contribution in [0.2, 0.25) is 0 Å². The highest BCUT2D eigenvalue weighted by Crippen LogP contribution is 2.26. The van der Waals surface area contributed by atoms with E-state index in [-0.39, 0.29) is 51.8 Å². The van der Waals surface area contributed by atoms with E-state index in [2.05, 4.69) is 0 Å². The maximum atomic E-state index is 11.5. The van der Waals surface area contributed by atoms with Crippen LogP contribution in [0.1, 0.15) is 61.7 Å². The second-order valence-corrected chi connectivity index (χ2v) is 4.08. The molecule has 0 aromatic heterocycles. The zero-order chi connectivity index (χ0) is 12.7. The van der Waals surface area contributed by atoms with Crippen molar-refractivity contribution in [2.45, 2.75) is 20.3 Å². The standard InChI is InChI=1S/C13H10O4/c1-6(14)8-3-10-11(4-9(8)7(2)15)13(17)5-12(10)16/h3-4H,5H2,1-2H3. The van der Waals surface area contributed by atoms with Crippen molar-refractivity contribution in [3.8, 4) is 0 Å². The van der Waals surface area contributed by atoms with Gasteiger partial charge < -0.3 is 0 Å². The monoisotopic (exact) mass is 230 g/mol. The van der Waals surface area contributed by atoms with Gasteiger partial charge in [-0.15, -0.1) is 0 Å². The molecule has 0 heterocycles. The molecule has 0 radical (unpaired) electrons. The van der Waals surface area contributed by atoms with E-state index in [1.165, 1.54) is 26.0 Å². The van der Waals surface area contributed by atoms with E-state index in [0.29, 0.717) is 0 Å². The van der Waals surface area contributed by atoms with Gasteiger partial charge in [0.05, 0.1) is 6.42 Å². The van der Waals surface area contributed by atoms with E-state index in [9.17, 15) is 19.2 Å². The van der Waals surface area contributed by atoms with Crippen LogP contribution in [0.25, 0.3) is 0 Å². The Morgan fingerprint density at radius 2 is 1.24 bits per heavy atom. The first kappa shape index (κ1) is 11.4. The zero-order valence-electron chi connectivity index (χ0n) is 9.49. The largest absolute Gasteiger partial charge is 0.294 e. The lowest BCUT2D eigenvalue weighted by Gasteiger charge is -2.06. The van der Waals surface area contributed by atoms with Gasteiger partial charge in [0.1, 0.15) is 0 Å². The zero-order valence-corrected chi connectivity index (χ0v) is 9.49. The van der Waals surface area contributed by atoms with E-state index in [1.54, 1.807) is 0 Å². The Labute approximate surface area is 97.6 Å². The van der Waals surface area contributed by atoms with Crippen molar-refractivity contribution in [2.75, 3.05) is 0 Å². The lowest BCUT2D eigenvalue weighted by molar-refractivity contribution is 0.0921. The summed E-state index contributed by atoms with van der Waals surface area (Å²) >= 11 is 0. The van der Waals surface area contributed by atoms with Crippen molar-refractivity contribution in [2.24, 2.45) is 0 Å².